The first-order valence-electron chi connectivity index (χ1n) is 8.09. The van der Waals surface area contributed by atoms with E-state index >= 15 is 0 Å². The SMILES string of the molecule is CNCCNCC(C)CCN(C)CCNCC(C)(C)C. The maximum absolute atomic E-state index is 3.53. The summed E-state index contributed by atoms with van der Waals surface area (Å²) in [6, 6.07) is 0. The van der Waals surface area contributed by atoms with E-state index in [-0.39, 0.29) is 0 Å². The number of hydrogen-bond acceptors (Lipinski definition) is 4. The maximum Gasteiger partial charge on any atom is 0.0104 e. The Bertz CT molecular complexity index is 213. The fourth-order valence-electron chi connectivity index (χ4n) is 1.95. The predicted molar refractivity (Wildman–Crippen MR) is 90.4 cm³/mol. The fraction of sp³-hybridized carbons (Fsp3) is 1.00. The number of nitrogens with zero attached hydrogens (tertiary/aromatic N) is 1. The van der Waals surface area contributed by atoms with Crippen LogP contribution in [0.25, 0.3) is 0 Å². The third-order valence-corrected chi connectivity index (χ3v) is 3.37. The van der Waals surface area contributed by atoms with Gasteiger partial charge in [-0.3, -0.25) is 0 Å². The van der Waals surface area contributed by atoms with E-state index in [0.717, 1.165) is 45.2 Å². The zero-order valence-electron chi connectivity index (χ0n) is 14.7. The van der Waals surface area contributed by atoms with Gasteiger partial charge in [0.05, 0.1) is 0 Å². The van der Waals surface area contributed by atoms with Crippen LogP contribution in [0.4, 0.5) is 0 Å². The number of rotatable bonds is 12. The van der Waals surface area contributed by atoms with Crippen LogP contribution in [0.1, 0.15) is 34.1 Å². The molecule has 20 heavy (non-hydrogen) atoms. The number of nitrogens with one attached hydrogen (secondary N) is 3. The highest BCUT2D eigenvalue weighted by Gasteiger charge is 2.09. The molecule has 0 saturated heterocycles. The molecule has 4 heteroatoms. The summed E-state index contributed by atoms with van der Waals surface area (Å²) in [5.41, 5.74) is 0.381. The van der Waals surface area contributed by atoms with E-state index < -0.39 is 0 Å². The summed E-state index contributed by atoms with van der Waals surface area (Å²) in [7, 11) is 4.22. The quantitative estimate of drug-likeness (QED) is 0.474. The summed E-state index contributed by atoms with van der Waals surface area (Å²) < 4.78 is 0. The summed E-state index contributed by atoms with van der Waals surface area (Å²) >= 11 is 0. The minimum Gasteiger partial charge on any atom is -0.318 e. The third-order valence-electron chi connectivity index (χ3n) is 3.37. The van der Waals surface area contributed by atoms with Crippen LogP contribution in [0, 0.1) is 11.3 Å². The van der Waals surface area contributed by atoms with Crippen LogP contribution >= 0.6 is 0 Å². The first kappa shape index (κ1) is 19.8. The molecule has 0 aromatic carbocycles. The lowest BCUT2D eigenvalue weighted by Gasteiger charge is -2.22. The molecule has 0 aliphatic heterocycles. The molecule has 0 aliphatic carbocycles. The van der Waals surface area contributed by atoms with Gasteiger partial charge in [0.1, 0.15) is 0 Å². The lowest BCUT2D eigenvalue weighted by molar-refractivity contribution is 0.291. The van der Waals surface area contributed by atoms with E-state index in [1.54, 1.807) is 0 Å². The van der Waals surface area contributed by atoms with Crippen LogP contribution in [0.3, 0.4) is 0 Å². The van der Waals surface area contributed by atoms with Crippen molar-refractivity contribution in [3.05, 3.63) is 0 Å². The second kappa shape index (κ2) is 11.5. The third kappa shape index (κ3) is 14.3. The molecular weight excluding hydrogens is 248 g/mol. The first-order valence-corrected chi connectivity index (χ1v) is 8.09. The van der Waals surface area contributed by atoms with Crippen molar-refractivity contribution >= 4 is 0 Å². The highest BCUT2D eigenvalue weighted by atomic mass is 15.1. The van der Waals surface area contributed by atoms with E-state index in [0.29, 0.717) is 5.41 Å². The summed E-state index contributed by atoms with van der Waals surface area (Å²) in [6.45, 7) is 16.9. The van der Waals surface area contributed by atoms with Crippen LogP contribution in [-0.4, -0.2) is 64.8 Å². The molecule has 1 unspecified atom stereocenters. The zero-order chi connectivity index (χ0) is 15.4. The molecule has 0 aromatic heterocycles. The van der Waals surface area contributed by atoms with E-state index in [1.807, 2.05) is 7.05 Å². The first-order chi connectivity index (χ1) is 9.35. The number of likely N-dealkylation sites (N-methyl/N-ethyl adjacent to an activating group) is 2. The van der Waals surface area contributed by atoms with Gasteiger partial charge < -0.3 is 20.9 Å². The van der Waals surface area contributed by atoms with Gasteiger partial charge in [-0.25, -0.2) is 0 Å². The lowest BCUT2D eigenvalue weighted by atomic mass is 9.97. The molecule has 122 valence electrons. The van der Waals surface area contributed by atoms with Crippen LogP contribution in [0.5, 0.6) is 0 Å². The molecule has 0 spiro atoms. The molecule has 0 bridgehead atoms. The molecule has 0 heterocycles. The van der Waals surface area contributed by atoms with Crippen molar-refractivity contribution in [1.29, 1.82) is 0 Å². The lowest BCUT2D eigenvalue weighted by Crippen LogP contribution is -2.35. The molecular formula is C16H38N4. The Balaban J connectivity index is 3.45. The molecule has 0 aliphatic rings. The van der Waals surface area contributed by atoms with E-state index in [2.05, 4.69) is 55.6 Å². The molecule has 1 atom stereocenters. The Morgan fingerprint density at radius 3 is 2.30 bits per heavy atom. The minimum atomic E-state index is 0.381. The molecule has 0 saturated carbocycles. The molecule has 4 nitrogen and oxygen atoms in total. The highest BCUT2D eigenvalue weighted by Crippen LogP contribution is 2.09. The zero-order valence-corrected chi connectivity index (χ0v) is 14.7. The van der Waals surface area contributed by atoms with Crippen LogP contribution < -0.4 is 16.0 Å². The highest BCUT2D eigenvalue weighted by molar-refractivity contribution is 4.66. The summed E-state index contributed by atoms with van der Waals surface area (Å²) in [6.07, 6.45) is 1.27. The second-order valence-corrected chi connectivity index (χ2v) is 7.24. The van der Waals surface area contributed by atoms with Crippen molar-refractivity contribution in [3.8, 4) is 0 Å². The maximum atomic E-state index is 3.53. The Kier molecular flexibility index (Phi) is 11.4. The van der Waals surface area contributed by atoms with Gasteiger partial charge in [0, 0.05) is 32.7 Å². The van der Waals surface area contributed by atoms with Gasteiger partial charge in [-0.2, -0.15) is 0 Å². The van der Waals surface area contributed by atoms with Crippen LogP contribution in [0.2, 0.25) is 0 Å². The predicted octanol–water partition coefficient (Wildman–Crippen LogP) is 1.39. The van der Waals surface area contributed by atoms with E-state index in [1.165, 1.54) is 13.0 Å². The summed E-state index contributed by atoms with van der Waals surface area (Å²) in [5, 5.41) is 10.2. The van der Waals surface area contributed by atoms with Crippen molar-refractivity contribution < 1.29 is 0 Å². The molecule has 0 aromatic rings. The molecule has 3 N–H and O–H groups in total. The average Bonchev–Trinajstić information content (AvgIpc) is 2.36. The molecule has 0 fully saturated rings. The van der Waals surface area contributed by atoms with Crippen molar-refractivity contribution in [2.45, 2.75) is 34.1 Å². The topological polar surface area (TPSA) is 39.3 Å². The Hall–Kier alpha value is -0.160. The van der Waals surface area contributed by atoms with Gasteiger partial charge >= 0.3 is 0 Å². The van der Waals surface area contributed by atoms with Crippen molar-refractivity contribution in [1.82, 2.24) is 20.9 Å². The van der Waals surface area contributed by atoms with Crippen LogP contribution in [0.15, 0.2) is 0 Å². The summed E-state index contributed by atoms with van der Waals surface area (Å²) in [4.78, 5) is 2.43. The van der Waals surface area contributed by atoms with Crippen molar-refractivity contribution in [2.75, 3.05) is 59.9 Å². The van der Waals surface area contributed by atoms with Gasteiger partial charge in [0.2, 0.25) is 0 Å². The molecule has 0 radical (unpaired) electrons. The number of hydrogen-bond donors (Lipinski definition) is 3. The fourth-order valence-corrected chi connectivity index (χ4v) is 1.95. The Morgan fingerprint density at radius 2 is 1.70 bits per heavy atom. The normalized spacial score (nSPS) is 13.9. The minimum absolute atomic E-state index is 0.381. The van der Waals surface area contributed by atoms with Gasteiger partial charge in [0.25, 0.3) is 0 Å². The van der Waals surface area contributed by atoms with Gasteiger partial charge in [0.15, 0.2) is 0 Å². The van der Waals surface area contributed by atoms with Gasteiger partial charge in [-0.15, -0.1) is 0 Å². The Labute approximate surface area is 127 Å². The second-order valence-electron chi connectivity index (χ2n) is 7.24. The average molecular weight is 287 g/mol. The monoisotopic (exact) mass is 286 g/mol. The Morgan fingerprint density at radius 1 is 1.00 bits per heavy atom. The van der Waals surface area contributed by atoms with E-state index in [9.17, 15) is 0 Å². The molecule has 0 amide bonds. The molecule has 0 rings (SSSR count). The van der Waals surface area contributed by atoms with Crippen molar-refractivity contribution in [2.24, 2.45) is 11.3 Å². The smallest absolute Gasteiger partial charge is 0.0104 e. The van der Waals surface area contributed by atoms with Gasteiger partial charge in [-0.05, 0) is 44.9 Å². The standard InChI is InChI=1S/C16H38N4/c1-15(13-18-9-8-17-5)7-11-20(6)12-10-19-14-16(2,3)4/h15,17-19H,7-14H2,1-6H3. The van der Waals surface area contributed by atoms with Crippen LogP contribution in [-0.2, 0) is 0 Å². The van der Waals surface area contributed by atoms with Gasteiger partial charge in [-0.1, -0.05) is 27.7 Å². The van der Waals surface area contributed by atoms with E-state index in [4.69, 9.17) is 0 Å². The largest absolute Gasteiger partial charge is 0.318 e. The van der Waals surface area contributed by atoms with Crippen molar-refractivity contribution in [3.63, 3.8) is 0 Å². The summed E-state index contributed by atoms with van der Waals surface area (Å²) in [5.74, 6) is 0.747.